The Morgan fingerprint density at radius 3 is 2.77 bits per heavy atom. The molecule has 168 valence electrons. The molecule has 0 spiro atoms. The van der Waals surface area contributed by atoms with Gasteiger partial charge in [0.2, 0.25) is 0 Å². The summed E-state index contributed by atoms with van der Waals surface area (Å²) in [5, 5.41) is 0. The minimum absolute atomic E-state index is 0.0149. The molecule has 0 N–H and O–H groups in total. The molecule has 0 bridgehead atoms. The number of unbranched alkanes of at least 4 members (excludes halogenated alkanes) is 3. The highest BCUT2D eigenvalue weighted by Crippen LogP contribution is 2.64. The molecule has 4 aliphatic carbocycles. The summed E-state index contributed by atoms with van der Waals surface area (Å²) in [6, 6.07) is 0. The van der Waals surface area contributed by atoms with Crippen molar-refractivity contribution < 1.29 is 19.1 Å². The van der Waals surface area contributed by atoms with Gasteiger partial charge in [0.15, 0.2) is 5.78 Å². The fourth-order valence-corrected chi connectivity index (χ4v) is 7.75. The summed E-state index contributed by atoms with van der Waals surface area (Å²) in [6.45, 7) is 7.42. The van der Waals surface area contributed by atoms with E-state index in [0.29, 0.717) is 42.0 Å². The van der Waals surface area contributed by atoms with Gasteiger partial charge in [0.1, 0.15) is 6.10 Å². The number of allylic oxidation sites excluding steroid dienone is 1. The van der Waals surface area contributed by atoms with Gasteiger partial charge in [-0.2, -0.15) is 0 Å². The van der Waals surface area contributed by atoms with E-state index in [-0.39, 0.29) is 11.5 Å². The van der Waals surface area contributed by atoms with Crippen LogP contribution in [0.25, 0.3) is 0 Å². The predicted molar refractivity (Wildman–Crippen MR) is 117 cm³/mol. The Balaban J connectivity index is 1.40. The van der Waals surface area contributed by atoms with Gasteiger partial charge < -0.3 is 9.47 Å². The summed E-state index contributed by atoms with van der Waals surface area (Å²) in [7, 11) is 0. The average Bonchev–Trinajstić information content (AvgIpc) is 3.03. The first-order valence-electron chi connectivity index (χ1n) is 12.5. The van der Waals surface area contributed by atoms with Crippen LogP contribution in [0.2, 0.25) is 0 Å². The van der Waals surface area contributed by atoms with Crippen molar-refractivity contribution in [2.45, 2.75) is 97.5 Å². The lowest BCUT2D eigenvalue weighted by atomic mass is 9.49. The van der Waals surface area contributed by atoms with Crippen LogP contribution in [0.15, 0.2) is 11.6 Å². The van der Waals surface area contributed by atoms with Crippen molar-refractivity contribution in [3.05, 3.63) is 11.6 Å². The molecule has 4 rings (SSSR count). The molecule has 4 heteroatoms. The lowest BCUT2D eigenvalue weighted by molar-refractivity contribution is -0.117. The number of hydrogen-bond acceptors (Lipinski definition) is 4. The Morgan fingerprint density at radius 2 is 1.97 bits per heavy atom. The van der Waals surface area contributed by atoms with Gasteiger partial charge in [0.05, 0.1) is 6.61 Å². The third kappa shape index (κ3) is 4.08. The minimum Gasteiger partial charge on any atom is -0.434 e. The Kier molecular flexibility index (Phi) is 6.60. The van der Waals surface area contributed by atoms with Gasteiger partial charge in [-0.3, -0.25) is 4.79 Å². The van der Waals surface area contributed by atoms with Crippen LogP contribution in [-0.2, 0) is 14.3 Å². The molecule has 4 nitrogen and oxygen atoms in total. The first kappa shape index (κ1) is 21.9. The molecule has 0 unspecified atom stereocenters. The van der Waals surface area contributed by atoms with Crippen molar-refractivity contribution in [1.82, 2.24) is 0 Å². The number of carbonyl (C=O) groups excluding carboxylic acids is 2. The second kappa shape index (κ2) is 9.04. The van der Waals surface area contributed by atoms with Crippen LogP contribution in [0.1, 0.15) is 91.4 Å². The zero-order valence-corrected chi connectivity index (χ0v) is 19.2. The third-order valence-corrected chi connectivity index (χ3v) is 8.96. The number of carbonyl (C=O) groups is 2. The first-order valence-corrected chi connectivity index (χ1v) is 12.5. The normalized spacial score (nSPS) is 40.1. The summed E-state index contributed by atoms with van der Waals surface area (Å²) in [5.74, 6) is 3.56. The number of fused-ring (bicyclic) bond motifs is 5. The monoisotopic (exact) mass is 416 g/mol. The molecule has 0 aliphatic heterocycles. The predicted octanol–water partition coefficient (Wildman–Crippen LogP) is 6.48. The molecule has 3 fully saturated rings. The van der Waals surface area contributed by atoms with Crippen LogP contribution >= 0.6 is 0 Å². The van der Waals surface area contributed by atoms with Crippen molar-refractivity contribution in [3.63, 3.8) is 0 Å². The Hall–Kier alpha value is -1.32. The van der Waals surface area contributed by atoms with Crippen LogP contribution in [0, 0.1) is 35.0 Å². The van der Waals surface area contributed by atoms with E-state index in [1.807, 2.05) is 6.08 Å². The molecule has 30 heavy (non-hydrogen) atoms. The van der Waals surface area contributed by atoms with E-state index in [4.69, 9.17) is 9.47 Å². The maximum Gasteiger partial charge on any atom is 0.508 e. The molecule has 3 saturated carbocycles. The van der Waals surface area contributed by atoms with E-state index >= 15 is 0 Å². The number of hydrogen-bond donors (Lipinski definition) is 0. The third-order valence-electron chi connectivity index (χ3n) is 8.96. The zero-order valence-electron chi connectivity index (χ0n) is 19.2. The molecule has 0 radical (unpaired) electrons. The van der Waals surface area contributed by atoms with E-state index < -0.39 is 6.16 Å². The smallest absolute Gasteiger partial charge is 0.434 e. The second-order valence-electron chi connectivity index (χ2n) is 10.7. The van der Waals surface area contributed by atoms with Crippen LogP contribution in [0.3, 0.4) is 0 Å². The number of ketones is 1. The van der Waals surface area contributed by atoms with E-state index in [9.17, 15) is 9.59 Å². The molecule has 0 aromatic carbocycles. The lowest BCUT2D eigenvalue weighted by Crippen LogP contribution is -2.51. The summed E-state index contributed by atoms with van der Waals surface area (Å²) in [6.07, 6.45) is 13.2. The molecule has 4 aliphatic rings. The van der Waals surface area contributed by atoms with Gasteiger partial charge in [-0.1, -0.05) is 45.6 Å². The quantitative estimate of drug-likeness (QED) is 0.367. The van der Waals surface area contributed by atoms with Crippen molar-refractivity contribution in [2.24, 2.45) is 35.0 Å². The van der Waals surface area contributed by atoms with Crippen LogP contribution < -0.4 is 0 Å². The zero-order chi connectivity index (χ0) is 21.3. The molecular formula is C26H40O4. The summed E-state index contributed by atoms with van der Waals surface area (Å²) in [4.78, 5) is 24.3. The Labute approximate surface area is 182 Å². The van der Waals surface area contributed by atoms with E-state index in [1.165, 1.54) is 24.8 Å². The van der Waals surface area contributed by atoms with Gasteiger partial charge in [-0.05, 0) is 80.6 Å². The molecule has 0 aromatic heterocycles. The summed E-state index contributed by atoms with van der Waals surface area (Å²) >= 11 is 0. The molecular weight excluding hydrogens is 376 g/mol. The maximum absolute atomic E-state index is 12.3. The molecule has 7 atom stereocenters. The number of rotatable bonds is 6. The van der Waals surface area contributed by atoms with Gasteiger partial charge in [0.25, 0.3) is 0 Å². The topological polar surface area (TPSA) is 52.6 Å². The van der Waals surface area contributed by atoms with Gasteiger partial charge in [-0.15, -0.1) is 0 Å². The standard InChI is InChI=1S/C26H40O4/c1-4-5-6-7-14-29-25(28)30-23-13-12-22-21-10-8-18-15-19(27)9-11-20(18)24(21)17(2)16-26(22,23)3/h15,17,20-24H,4-14,16H2,1-3H3/t17-,20-,21-,22-,23-,24+,26-/m0/s1. The van der Waals surface area contributed by atoms with Crippen molar-refractivity contribution >= 4 is 11.9 Å². The highest BCUT2D eigenvalue weighted by molar-refractivity contribution is 5.91. The fraction of sp³-hybridized carbons (Fsp3) is 0.846. The molecule has 0 heterocycles. The SMILES string of the molecule is CCCCCCOC(=O)O[C@H]1CC[C@H]2[C@@H]3CCC4=CC(=O)CC[C@@H]4[C@H]3[C@@H](C)C[C@]12C. The van der Waals surface area contributed by atoms with E-state index in [0.717, 1.165) is 51.4 Å². The summed E-state index contributed by atoms with van der Waals surface area (Å²) < 4.78 is 11.3. The highest BCUT2D eigenvalue weighted by atomic mass is 16.7. The van der Waals surface area contributed by atoms with Crippen molar-refractivity contribution in [2.75, 3.05) is 6.61 Å². The largest absolute Gasteiger partial charge is 0.508 e. The molecule has 0 amide bonds. The van der Waals surface area contributed by atoms with Crippen molar-refractivity contribution in [3.8, 4) is 0 Å². The van der Waals surface area contributed by atoms with Crippen molar-refractivity contribution in [1.29, 1.82) is 0 Å². The minimum atomic E-state index is -0.465. The Morgan fingerprint density at radius 1 is 1.13 bits per heavy atom. The first-order chi connectivity index (χ1) is 14.4. The maximum atomic E-state index is 12.3. The van der Waals surface area contributed by atoms with Gasteiger partial charge in [-0.25, -0.2) is 4.79 Å². The van der Waals surface area contributed by atoms with Crippen LogP contribution in [0.4, 0.5) is 4.79 Å². The molecule has 0 saturated heterocycles. The van der Waals surface area contributed by atoms with Crippen LogP contribution in [0.5, 0.6) is 0 Å². The summed E-state index contributed by atoms with van der Waals surface area (Å²) in [5.41, 5.74) is 1.49. The number of ether oxygens (including phenoxy) is 2. The van der Waals surface area contributed by atoms with E-state index in [1.54, 1.807) is 0 Å². The van der Waals surface area contributed by atoms with Gasteiger partial charge in [0, 0.05) is 11.8 Å². The lowest BCUT2D eigenvalue weighted by Gasteiger charge is -2.56. The Bertz CT molecular complexity index is 683. The average molecular weight is 417 g/mol. The second-order valence-corrected chi connectivity index (χ2v) is 10.7. The molecule has 0 aromatic rings. The van der Waals surface area contributed by atoms with Gasteiger partial charge >= 0.3 is 6.16 Å². The fourth-order valence-electron chi connectivity index (χ4n) is 7.75. The van der Waals surface area contributed by atoms with Crippen LogP contribution in [-0.4, -0.2) is 24.6 Å². The van der Waals surface area contributed by atoms with E-state index in [2.05, 4.69) is 20.8 Å². The highest BCUT2D eigenvalue weighted by Gasteiger charge is 2.59.